The van der Waals surface area contributed by atoms with Gasteiger partial charge in [-0.15, -0.1) is 0 Å². The van der Waals surface area contributed by atoms with E-state index >= 15 is 0 Å². The van der Waals surface area contributed by atoms with Crippen LogP contribution >= 0.6 is 11.6 Å². The largest absolute Gasteiger partial charge is 0.493 e. The van der Waals surface area contributed by atoms with Crippen molar-refractivity contribution in [3.63, 3.8) is 0 Å². The molecule has 0 bridgehead atoms. The van der Waals surface area contributed by atoms with E-state index in [0.717, 1.165) is 5.69 Å². The van der Waals surface area contributed by atoms with Crippen LogP contribution in [0, 0.1) is 11.3 Å². The average molecular weight is 454 g/mol. The fourth-order valence-corrected chi connectivity index (χ4v) is 3.71. The zero-order valence-electron chi connectivity index (χ0n) is 17.8. The number of anilines is 2. The second kappa shape index (κ2) is 8.61. The summed E-state index contributed by atoms with van der Waals surface area (Å²) < 4.78 is 23.2. The number of halogens is 1. The highest BCUT2D eigenvalue weighted by molar-refractivity contribution is 6.32. The third-order valence-electron chi connectivity index (χ3n) is 4.93. The molecule has 0 saturated heterocycles. The van der Waals surface area contributed by atoms with Gasteiger partial charge in [0.25, 0.3) is 0 Å². The molecule has 10 heteroatoms. The summed E-state index contributed by atoms with van der Waals surface area (Å²) in [4.78, 5) is 4.69. The Morgan fingerprint density at radius 2 is 1.75 bits per heavy atom. The van der Waals surface area contributed by atoms with Crippen molar-refractivity contribution in [3.05, 3.63) is 47.1 Å². The van der Waals surface area contributed by atoms with Crippen LogP contribution in [0.25, 0.3) is 16.9 Å². The number of aromatic nitrogens is 3. The molecule has 2 aromatic carbocycles. The molecule has 164 valence electrons. The van der Waals surface area contributed by atoms with Crippen LogP contribution in [0.2, 0.25) is 5.02 Å². The van der Waals surface area contributed by atoms with Gasteiger partial charge in [0, 0.05) is 23.5 Å². The standard InChI is InChI=1S/C22H20ClN5O4/c1-29-16-6-5-14(9-17(16)30-2)26-22-19(27-21-13(10-24)11-25-28(21)22)12-7-15(23)20(32-4)18(8-12)31-3/h5-9,11,25-26H,1-4H3. The zero-order valence-corrected chi connectivity index (χ0v) is 18.6. The molecule has 0 aliphatic rings. The van der Waals surface area contributed by atoms with E-state index in [4.69, 9.17) is 35.5 Å². The van der Waals surface area contributed by atoms with Crippen LogP contribution in [0.4, 0.5) is 11.5 Å². The number of methoxy groups -OCH3 is 4. The Labute approximate surface area is 189 Å². The normalized spacial score (nSPS) is 10.6. The molecule has 0 unspecified atom stereocenters. The summed E-state index contributed by atoms with van der Waals surface area (Å²) in [6, 6.07) is 11.1. The number of imidazole rings is 1. The SMILES string of the molecule is COc1ccc(Nc2c(-c3cc(Cl)c(OC)c(OC)c3)nc3c(C#N)c[nH]n23)cc1OC. The van der Waals surface area contributed by atoms with Gasteiger partial charge in [0.1, 0.15) is 17.3 Å². The van der Waals surface area contributed by atoms with Crippen molar-refractivity contribution in [2.24, 2.45) is 0 Å². The minimum Gasteiger partial charge on any atom is -0.493 e. The summed E-state index contributed by atoms with van der Waals surface area (Å²) in [7, 11) is 6.20. The molecule has 0 fully saturated rings. The first kappa shape index (κ1) is 21.2. The predicted octanol–water partition coefficient (Wildman–Crippen LogP) is 4.63. The molecule has 0 amide bonds. The Hall–Kier alpha value is -4.03. The van der Waals surface area contributed by atoms with Crippen LogP contribution in [-0.4, -0.2) is 43.0 Å². The highest BCUT2D eigenvalue weighted by atomic mass is 35.5. The van der Waals surface area contributed by atoms with E-state index in [0.29, 0.717) is 56.3 Å². The third kappa shape index (κ3) is 3.50. The average Bonchev–Trinajstić information content (AvgIpc) is 3.38. The number of aromatic amines is 1. The minimum atomic E-state index is 0.371. The van der Waals surface area contributed by atoms with Crippen LogP contribution in [0.1, 0.15) is 5.56 Å². The van der Waals surface area contributed by atoms with E-state index < -0.39 is 0 Å². The van der Waals surface area contributed by atoms with Crippen LogP contribution in [0.3, 0.4) is 0 Å². The minimum absolute atomic E-state index is 0.371. The van der Waals surface area contributed by atoms with Crippen molar-refractivity contribution in [1.29, 1.82) is 5.26 Å². The van der Waals surface area contributed by atoms with Gasteiger partial charge in [-0.1, -0.05) is 11.6 Å². The molecule has 2 aromatic heterocycles. The Morgan fingerprint density at radius 3 is 2.41 bits per heavy atom. The number of ether oxygens (including phenoxy) is 4. The van der Waals surface area contributed by atoms with Crippen LogP contribution < -0.4 is 24.3 Å². The molecule has 2 N–H and O–H groups in total. The van der Waals surface area contributed by atoms with Gasteiger partial charge in [-0.3, -0.25) is 5.10 Å². The monoisotopic (exact) mass is 453 g/mol. The predicted molar refractivity (Wildman–Crippen MR) is 121 cm³/mol. The first-order valence-electron chi connectivity index (χ1n) is 9.45. The maximum Gasteiger partial charge on any atom is 0.179 e. The first-order valence-corrected chi connectivity index (χ1v) is 9.83. The van der Waals surface area contributed by atoms with Crippen molar-refractivity contribution in [2.75, 3.05) is 33.8 Å². The van der Waals surface area contributed by atoms with E-state index in [9.17, 15) is 5.26 Å². The number of hydrogen-bond donors (Lipinski definition) is 2. The van der Waals surface area contributed by atoms with Crippen LogP contribution in [0.15, 0.2) is 36.5 Å². The molecular weight excluding hydrogens is 434 g/mol. The molecule has 4 aromatic rings. The van der Waals surface area contributed by atoms with Gasteiger partial charge in [-0.05, 0) is 24.3 Å². The molecule has 2 heterocycles. The number of nitrogens with one attached hydrogen (secondary N) is 2. The number of fused-ring (bicyclic) bond motifs is 1. The topological polar surface area (TPSA) is 106 Å². The number of hydrogen-bond acceptors (Lipinski definition) is 7. The molecule has 4 rings (SSSR count). The number of nitriles is 1. The Morgan fingerprint density at radius 1 is 1.00 bits per heavy atom. The summed E-state index contributed by atoms with van der Waals surface area (Å²) in [5.74, 6) is 2.66. The molecule has 9 nitrogen and oxygen atoms in total. The number of benzene rings is 2. The lowest BCUT2D eigenvalue weighted by molar-refractivity contribution is 0.355. The summed E-state index contributed by atoms with van der Waals surface area (Å²) >= 11 is 6.43. The van der Waals surface area contributed by atoms with Crippen molar-refractivity contribution in [3.8, 4) is 40.3 Å². The van der Waals surface area contributed by atoms with E-state index in [1.165, 1.54) is 14.2 Å². The van der Waals surface area contributed by atoms with Crippen LogP contribution in [-0.2, 0) is 0 Å². The number of rotatable bonds is 7. The Balaban J connectivity index is 1.90. The quantitative estimate of drug-likeness (QED) is 0.420. The van der Waals surface area contributed by atoms with E-state index in [1.807, 2.05) is 6.07 Å². The molecule has 32 heavy (non-hydrogen) atoms. The van der Waals surface area contributed by atoms with E-state index in [-0.39, 0.29) is 0 Å². The number of nitrogens with zero attached hydrogens (tertiary/aromatic N) is 3. The van der Waals surface area contributed by atoms with Crippen molar-refractivity contribution >= 4 is 28.8 Å². The van der Waals surface area contributed by atoms with Gasteiger partial charge in [0.2, 0.25) is 0 Å². The molecule has 0 saturated carbocycles. The fraction of sp³-hybridized carbons (Fsp3) is 0.182. The van der Waals surface area contributed by atoms with Gasteiger partial charge in [-0.2, -0.15) is 5.26 Å². The summed E-state index contributed by atoms with van der Waals surface area (Å²) in [6.07, 6.45) is 1.59. The first-order chi connectivity index (χ1) is 15.5. The molecule has 0 spiro atoms. The van der Waals surface area contributed by atoms with Gasteiger partial charge in [-0.25, -0.2) is 9.50 Å². The van der Waals surface area contributed by atoms with Gasteiger partial charge < -0.3 is 24.3 Å². The van der Waals surface area contributed by atoms with E-state index in [2.05, 4.69) is 16.5 Å². The second-order valence-electron chi connectivity index (χ2n) is 6.66. The lowest BCUT2D eigenvalue weighted by atomic mass is 10.1. The summed E-state index contributed by atoms with van der Waals surface area (Å²) in [6.45, 7) is 0. The third-order valence-corrected chi connectivity index (χ3v) is 5.21. The van der Waals surface area contributed by atoms with Crippen LogP contribution in [0.5, 0.6) is 23.0 Å². The lowest BCUT2D eigenvalue weighted by Crippen LogP contribution is -1.99. The lowest BCUT2D eigenvalue weighted by Gasteiger charge is -2.14. The second-order valence-corrected chi connectivity index (χ2v) is 7.06. The fourth-order valence-electron chi connectivity index (χ4n) is 3.42. The molecule has 0 atom stereocenters. The maximum absolute atomic E-state index is 9.47. The van der Waals surface area contributed by atoms with Gasteiger partial charge >= 0.3 is 0 Å². The van der Waals surface area contributed by atoms with Crippen molar-refractivity contribution in [2.45, 2.75) is 0 Å². The molecule has 0 aliphatic heterocycles. The Bertz CT molecular complexity index is 1340. The Kier molecular flexibility index (Phi) is 5.71. The summed E-state index contributed by atoms with van der Waals surface area (Å²) in [5.41, 5.74) is 2.84. The number of H-pyrrole nitrogens is 1. The smallest absolute Gasteiger partial charge is 0.179 e. The maximum atomic E-state index is 9.47. The summed E-state index contributed by atoms with van der Waals surface area (Å²) in [5, 5.41) is 16.3. The van der Waals surface area contributed by atoms with Gasteiger partial charge in [0.15, 0.2) is 34.5 Å². The van der Waals surface area contributed by atoms with Crippen molar-refractivity contribution < 1.29 is 18.9 Å². The highest BCUT2D eigenvalue weighted by Crippen LogP contribution is 2.42. The zero-order chi connectivity index (χ0) is 22.8. The molecular formula is C22H20ClN5O4. The van der Waals surface area contributed by atoms with Crippen molar-refractivity contribution in [1.82, 2.24) is 14.6 Å². The van der Waals surface area contributed by atoms with Gasteiger partial charge in [0.05, 0.1) is 33.5 Å². The van der Waals surface area contributed by atoms with E-state index in [1.54, 1.807) is 49.2 Å². The highest BCUT2D eigenvalue weighted by Gasteiger charge is 2.21. The molecule has 0 aliphatic carbocycles. The molecule has 0 radical (unpaired) electrons.